The molecule has 0 aromatic heterocycles. The van der Waals surface area contributed by atoms with Crippen molar-refractivity contribution in [1.82, 2.24) is 15.1 Å². The Labute approximate surface area is 138 Å². The molecule has 0 radical (unpaired) electrons. The van der Waals surface area contributed by atoms with Crippen molar-refractivity contribution in [2.45, 2.75) is 88.8 Å². The SMILES string of the molecule is CC1CCCCC12NC(=O)N(CN(C1CCCC1)C1CC1)C2=O. The van der Waals surface area contributed by atoms with Gasteiger partial charge in [-0.2, -0.15) is 0 Å². The molecule has 2 atom stereocenters. The Morgan fingerprint density at radius 3 is 2.35 bits per heavy atom. The van der Waals surface area contributed by atoms with Gasteiger partial charge in [0.25, 0.3) is 5.91 Å². The molecule has 0 aromatic rings. The van der Waals surface area contributed by atoms with Crippen LogP contribution in [0.1, 0.15) is 71.1 Å². The summed E-state index contributed by atoms with van der Waals surface area (Å²) in [6.45, 7) is 2.63. The molecule has 3 aliphatic carbocycles. The zero-order valence-electron chi connectivity index (χ0n) is 14.2. The lowest BCUT2D eigenvalue weighted by Crippen LogP contribution is -2.54. The van der Waals surface area contributed by atoms with Crippen LogP contribution in [0.3, 0.4) is 0 Å². The quantitative estimate of drug-likeness (QED) is 0.811. The average Bonchev–Trinajstić information content (AvgIpc) is 3.17. The topological polar surface area (TPSA) is 52.7 Å². The number of hydrogen-bond acceptors (Lipinski definition) is 3. The summed E-state index contributed by atoms with van der Waals surface area (Å²) in [5, 5.41) is 3.08. The van der Waals surface area contributed by atoms with E-state index in [9.17, 15) is 9.59 Å². The number of rotatable bonds is 4. The third-order valence-electron chi connectivity index (χ3n) is 6.62. The van der Waals surface area contributed by atoms with Gasteiger partial charge in [0.1, 0.15) is 5.54 Å². The summed E-state index contributed by atoms with van der Waals surface area (Å²) in [6.07, 6.45) is 11.5. The second-order valence-electron chi connectivity index (χ2n) is 8.11. The highest BCUT2D eigenvalue weighted by atomic mass is 16.2. The van der Waals surface area contributed by atoms with Gasteiger partial charge in [-0.25, -0.2) is 9.69 Å². The fraction of sp³-hybridized carbons (Fsp3) is 0.889. The van der Waals surface area contributed by atoms with Crippen molar-refractivity contribution in [3.8, 4) is 0 Å². The minimum absolute atomic E-state index is 0.0401. The molecule has 0 bridgehead atoms. The predicted molar refractivity (Wildman–Crippen MR) is 87.7 cm³/mol. The van der Waals surface area contributed by atoms with Crippen LogP contribution in [0.15, 0.2) is 0 Å². The lowest BCUT2D eigenvalue weighted by molar-refractivity contribution is -0.136. The maximum atomic E-state index is 13.1. The maximum absolute atomic E-state index is 13.1. The molecule has 1 spiro atoms. The van der Waals surface area contributed by atoms with Crippen LogP contribution in [0.5, 0.6) is 0 Å². The Kier molecular flexibility index (Phi) is 3.87. The molecule has 23 heavy (non-hydrogen) atoms. The Morgan fingerprint density at radius 1 is 1.04 bits per heavy atom. The summed E-state index contributed by atoms with van der Waals surface area (Å²) in [4.78, 5) is 29.7. The van der Waals surface area contributed by atoms with Crippen LogP contribution in [-0.4, -0.2) is 46.0 Å². The molecule has 128 valence electrons. The molecular weight excluding hydrogens is 290 g/mol. The molecule has 0 aromatic carbocycles. The number of urea groups is 1. The molecule has 1 saturated heterocycles. The van der Waals surface area contributed by atoms with Crippen LogP contribution in [0.4, 0.5) is 4.79 Å². The van der Waals surface area contributed by atoms with E-state index in [1.54, 1.807) is 0 Å². The summed E-state index contributed by atoms with van der Waals surface area (Å²) in [5.74, 6) is 0.289. The first kappa shape index (κ1) is 15.4. The molecule has 4 rings (SSSR count). The smallest absolute Gasteiger partial charge is 0.323 e. The van der Waals surface area contributed by atoms with E-state index in [2.05, 4.69) is 17.1 Å². The summed E-state index contributed by atoms with van der Waals surface area (Å²) in [5.41, 5.74) is -0.611. The first-order chi connectivity index (χ1) is 11.1. The van der Waals surface area contributed by atoms with E-state index < -0.39 is 5.54 Å². The number of amides is 3. The molecular formula is C18H29N3O2. The Bertz CT molecular complexity index is 498. The zero-order valence-corrected chi connectivity index (χ0v) is 14.2. The number of imide groups is 1. The summed E-state index contributed by atoms with van der Waals surface area (Å²) < 4.78 is 0. The van der Waals surface area contributed by atoms with Gasteiger partial charge in [0, 0.05) is 12.1 Å². The third-order valence-corrected chi connectivity index (χ3v) is 6.62. The van der Waals surface area contributed by atoms with Crippen molar-refractivity contribution in [2.24, 2.45) is 5.92 Å². The molecule has 1 heterocycles. The summed E-state index contributed by atoms with van der Waals surface area (Å²) >= 11 is 0. The van der Waals surface area contributed by atoms with Gasteiger partial charge in [-0.1, -0.05) is 32.6 Å². The zero-order chi connectivity index (χ0) is 16.0. The number of hydrogen-bond donors (Lipinski definition) is 1. The normalized spacial score (nSPS) is 35.6. The van der Waals surface area contributed by atoms with Crippen molar-refractivity contribution >= 4 is 11.9 Å². The van der Waals surface area contributed by atoms with Crippen LogP contribution < -0.4 is 5.32 Å². The average molecular weight is 319 g/mol. The number of nitrogens with one attached hydrogen (secondary N) is 1. The van der Waals surface area contributed by atoms with E-state index in [1.165, 1.54) is 49.8 Å². The van der Waals surface area contributed by atoms with Crippen LogP contribution in [0.25, 0.3) is 0 Å². The first-order valence-corrected chi connectivity index (χ1v) is 9.52. The fourth-order valence-electron chi connectivity index (χ4n) is 4.96. The minimum atomic E-state index is -0.611. The lowest BCUT2D eigenvalue weighted by Gasteiger charge is -2.37. The summed E-state index contributed by atoms with van der Waals surface area (Å²) in [6, 6.07) is 1.01. The van der Waals surface area contributed by atoms with Crippen LogP contribution in [-0.2, 0) is 4.79 Å². The van der Waals surface area contributed by atoms with Crippen LogP contribution in [0, 0.1) is 5.92 Å². The predicted octanol–water partition coefficient (Wildman–Crippen LogP) is 2.85. The highest BCUT2D eigenvalue weighted by Crippen LogP contribution is 2.40. The van der Waals surface area contributed by atoms with Crippen molar-refractivity contribution < 1.29 is 9.59 Å². The Hall–Kier alpha value is -1.10. The molecule has 3 saturated carbocycles. The van der Waals surface area contributed by atoms with Gasteiger partial charge < -0.3 is 5.32 Å². The molecule has 3 amide bonds. The van der Waals surface area contributed by atoms with Gasteiger partial charge in [-0.3, -0.25) is 9.69 Å². The lowest BCUT2D eigenvalue weighted by atomic mass is 9.73. The van der Waals surface area contributed by atoms with E-state index in [4.69, 9.17) is 0 Å². The Morgan fingerprint density at radius 2 is 1.70 bits per heavy atom. The molecule has 4 aliphatic rings. The maximum Gasteiger partial charge on any atom is 0.326 e. The van der Waals surface area contributed by atoms with Gasteiger partial charge in [0.05, 0.1) is 6.67 Å². The molecule has 4 fully saturated rings. The molecule has 2 unspecified atom stereocenters. The Balaban J connectivity index is 1.51. The van der Waals surface area contributed by atoms with Gasteiger partial charge >= 0.3 is 6.03 Å². The highest BCUT2D eigenvalue weighted by Gasteiger charge is 2.55. The number of carbonyl (C=O) groups is 2. The van der Waals surface area contributed by atoms with E-state index >= 15 is 0 Å². The molecule has 1 N–H and O–H groups in total. The van der Waals surface area contributed by atoms with Gasteiger partial charge in [0.15, 0.2) is 0 Å². The van der Waals surface area contributed by atoms with E-state index in [1.807, 2.05) is 0 Å². The van der Waals surface area contributed by atoms with Crippen molar-refractivity contribution in [3.05, 3.63) is 0 Å². The minimum Gasteiger partial charge on any atom is -0.323 e. The monoisotopic (exact) mass is 319 g/mol. The van der Waals surface area contributed by atoms with Crippen LogP contribution in [0.2, 0.25) is 0 Å². The van der Waals surface area contributed by atoms with Crippen molar-refractivity contribution in [2.75, 3.05) is 6.67 Å². The second kappa shape index (κ2) is 5.76. The van der Waals surface area contributed by atoms with Crippen molar-refractivity contribution in [1.29, 1.82) is 0 Å². The van der Waals surface area contributed by atoms with E-state index in [0.29, 0.717) is 18.8 Å². The number of nitrogens with zero attached hydrogens (tertiary/aromatic N) is 2. The second-order valence-corrected chi connectivity index (χ2v) is 8.11. The third kappa shape index (κ3) is 2.57. The highest BCUT2D eigenvalue weighted by molar-refractivity contribution is 6.07. The molecule has 1 aliphatic heterocycles. The van der Waals surface area contributed by atoms with Gasteiger partial charge in [-0.15, -0.1) is 0 Å². The van der Waals surface area contributed by atoms with Gasteiger partial charge in [-0.05, 0) is 44.4 Å². The largest absolute Gasteiger partial charge is 0.326 e. The van der Waals surface area contributed by atoms with Gasteiger partial charge in [0.2, 0.25) is 0 Å². The van der Waals surface area contributed by atoms with Crippen LogP contribution >= 0.6 is 0 Å². The van der Waals surface area contributed by atoms with Crippen molar-refractivity contribution in [3.63, 3.8) is 0 Å². The standard InChI is InChI=1S/C18H29N3O2/c1-13-6-4-5-11-18(13)16(22)21(17(23)19-18)12-20(15-9-10-15)14-7-2-3-8-14/h13-15H,2-12H2,1H3,(H,19,23). The van der Waals surface area contributed by atoms with E-state index in [0.717, 1.165) is 19.3 Å². The summed E-state index contributed by atoms with van der Waals surface area (Å²) in [7, 11) is 0. The fourth-order valence-corrected chi connectivity index (χ4v) is 4.96. The molecule has 5 heteroatoms. The first-order valence-electron chi connectivity index (χ1n) is 9.52. The van der Waals surface area contributed by atoms with E-state index in [-0.39, 0.29) is 17.9 Å². The number of carbonyl (C=O) groups excluding carboxylic acids is 2. The molecule has 5 nitrogen and oxygen atoms in total.